The van der Waals surface area contributed by atoms with Crippen molar-refractivity contribution < 1.29 is 23.9 Å². The number of esters is 1. The van der Waals surface area contributed by atoms with Crippen LogP contribution in [0.5, 0.6) is 0 Å². The van der Waals surface area contributed by atoms with Crippen molar-refractivity contribution >= 4 is 35.1 Å². The molecule has 1 aliphatic heterocycles. The fourth-order valence-electron chi connectivity index (χ4n) is 5.76. The Balaban J connectivity index is 1.20. The van der Waals surface area contributed by atoms with Crippen molar-refractivity contribution in [1.82, 2.24) is 0 Å². The van der Waals surface area contributed by atoms with Gasteiger partial charge in [0, 0.05) is 5.69 Å². The van der Waals surface area contributed by atoms with Crippen molar-refractivity contribution in [3.8, 4) is 0 Å². The zero-order chi connectivity index (χ0) is 23.1. The van der Waals surface area contributed by atoms with Gasteiger partial charge in [-0.25, -0.2) is 4.79 Å². The monoisotopic (exact) mass is 446 g/mol. The normalized spacial score (nSPS) is 25.3. The number of rotatable bonds is 6. The molecule has 1 heterocycles. The molecular weight excluding hydrogens is 420 g/mol. The number of hydrogen-bond donors (Lipinski definition) is 1. The molecule has 33 heavy (non-hydrogen) atoms. The average molecular weight is 447 g/mol. The lowest BCUT2D eigenvalue weighted by Gasteiger charge is -2.19. The lowest BCUT2D eigenvalue weighted by molar-refractivity contribution is -0.123. The molecule has 4 atom stereocenters. The van der Waals surface area contributed by atoms with E-state index < -0.39 is 18.5 Å². The van der Waals surface area contributed by atoms with Crippen LogP contribution in [0, 0.1) is 23.7 Å². The van der Waals surface area contributed by atoms with Gasteiger partial charge in [-0.2, -0.15) is 0 Å². The fraction of sp³-hybridized carbons (Fsp3) is 0.385. The number of nitrogens with zero attached hydrogens (tertiary/aromatic N) is 1. The highest BCUT2D eigenvalue weighted by Gasteiger charge is 2.61. The number of carbonyl (C=O) groups excluding carboxylic acids is 4. The summed E-state index contributed by atoms with van der Waals surface area (Å²) in [5, 5.41) is 2.76. The van der Waals surface area contributed by atoms with Crippen LogP contribution in [0.1, 0.15) is 42.1 Å². The number of ether oxygens (including phenoxy) is 1. The summed E-state index contributed by atoms with van der Waals surface area (Å²) in [4.78, 5) is 51.8. The average Bonchev–Trinajstić information content (AvgIpc) is 3.51. The Morgan fingerprint density at radius 2 is 1.61 bits per heavy atom. The molecule has 7 nitrogen and oxygen atoms in total. The van der Waals surface area contributed by atoms with Gasteiger partial charge < -0.3 is 10.1 Å². The maximum Gasteiger partial charge on any atom is 0.338 e. The number of imide groups is 1. The molecule has 0 unspecified atom stereocenters. The molecule has 7 heteroatoms. The predicted molar refractivity (Wildman–Crippen MR) is 121 cm³/mol. The van der Waals surface area contributed by atoms with Gasteiger partial charge in [-0.15, -0.1) is 0 Å². The van der Waals surface area contributed by atoms with E-state index in [-0.39, 0.29) is 29.2 Å². The third kappa shape index (κ3) is 3.71. The van der Waals surface area contributed by atoms with E-state index in [1.54, 1.807) is 18.2 Å². The highest BCUT2D eigenvalue weighted by Crippen LogP contribution is 2.56. The summed E-state index contributed by atoms with van der Waals surface area (Å²) in [7, 11) is 0. The van der Waals surface area contributed by atoms with Crippen molar-refractivity contribution in [3.63, 3.8) is 0 Å². The zero-order valence-electron chi connectivity index (χ0n) is 18.5. The summed E-state index contributed by atoms with van der Waals surface area (Å²) in [5.74, 6) is -1.01. The van der Waals surface area contributed by atoms with Crippen LogP contribution in [0.15, 0.2) is 48.5 Å². The van der Waals surface area contributed by atoms with Crippen LogP contribution in [-0.4, -0.2) is 30.3 Å². The molecule has 2 bridgehead atoms. The minimum absolute atomic E-state index is 0.114. The van der Waals surface area contributed by atoms with Crippen LogP contribution in [0.3, 0.4) is 0 Å². The van der Waals surface area contributed by atoms with Crippen LogP contribution in [0.25, 0.3) is 0 Å². The first kappa shape index (κ1) is 21.4. The molecule has 2 saturated carbocycles. The first-order valence-corrected chi connectivity index (χ1v) is 11.5. The number of hydrogen-bond acceptors (Lipinski definition) is 5. The van der Waals surface area contributed by atoms with E-state index in [0.717, 1.165) is 31.2 Å². The Morgan fingerprint density at radius 3 is 2.24 bits per heavy atom. The number of carbonyl (C=O) groups is 4. The van der Waals surface area contributed by atoms with Crippen LogP contribution in [-0.2, 0) is 25.5 Å². The number of nitrogens with one attached hydrogen (secondary N) is 1. The van der Waals surface area contributed by atoms with Crippen molar-refractivity contribution in [2.75, 3.05) is 16.8 Å². The van der Waals surface area contributed by atoms with Crippen LogP contribution in [0.4, 0.5) is 11.4 Å². The van der Waals surface area contributed by atoms with Gasteiger partial charge in [0.25, 0.3) is 5.91 Å². The Labute approximate surface area is 192 Å². The molecule has 170 valence electrons. The lowest BCUT2D eigenvalue weighted by atomic mass is 9.81. The van der Waals surface area contributed by atoms with Gasteiger partial charge in [-0.05, 0) is 73.4 Å². The number of anilines is 2. The number of benzene rings is 2. The Bertz CT molecular complexity index is 1100. The molecule has 0 radical (unpaired) electrons. The van der Waals surface area contributed by atoms with E-state index in [0.29, 0.717) is 23.2 Å². The van der Waals surface area contributed by atoms with Gasteiger partial charge >= 0.3 is 5.97 Å². The maximum atomic E-state index is 12.9. The number of aryl methyl sites for hydroxylation is 1. The second-order valence-electron chi connectivity index (χ2n) is 9.08. The molecule has 3 amide bonds. The molecule has 0 spiro atoms. The molecule has 1 saturated heterocycles. The SMILES string of the molecule is CCc1ccccc1NC(=O)COC(=O)c1ccc(N2C(=O)[C@@H]3[C@H]4CC[C@@H](C4)[C@@H]3C2=O)cc1. The van der Waals surface area contributed by atoms with Crippen molar-refractivity contribution in [1.29, 1.82) is 0 Å². The summed E-state index contributed by atoms with van der Waals surface area (Å²) in [5.41, 5.74) is 2.42. The topological polar surface area (TPSA) is 92.8 Å². The molecule has 2 aromatic rings. The number of para-hydroxylation sites is 1. The quantitative estimate of drug-likeness (QED) is 0.541. The Kier molecular flexibility index (Phi) is 5.48. The first-order chi connectivity index (χ1) is 16.0. The second-order valence-corrected chi connectivity index (χ2v) is 9.08. The summed E-state index contributed by atoms with van der Waals surface area (Å²) in [6.07, 6.45) is 3.82. The standard InChI is InChI=1S/C26H26N2O5/c1-2-15-5-3-4-6-20(15)27-21(29)14-33-26(32)16-9-11-19(12-10-16)28-24(30)22-17-7-8-18(13-17)23(22)25(28)31/h3-6,9-12,17-18,22-23H,2,7-8,13-14H2,1H3,(H,27,29)/t17-,18-,22-,23+/m0/s1. The fourth-order valence-corrected chi connectivity index (χ4v) is 5.76. The van der Waals surface area contributed by atoms with Crippen molar-refractivity contribution in [2.24, 2.45) is 23.7 Å². The Morgan fingerprint density at radius 1 is 0.970 bits per heavy atom. The van der Waals surface area contributed by atoms with Crippen LogP contribution < -0.4 is 10.2 Å². The highest BCUT2D eigenvalue weighted by atomic mass is 16.5. The lowest BCUT2D eigenvalue weighted by Crippen LogP contribution is -2.32. The predicted octanol–water partition coefficient (Wildman–Crippen LogP) is 3.58. The minimum Gasteiger partial charge on any atom is -0.452 e. The summed E-state index contributed by atoms with van der Waals surface area (Å²) in [6.45, 7) is 1.59. The number of fused-ring (bicyclic) bond motifs is 5. The Hall–Kier alpha value is -3.48. The van der Waals surface area contributed by atoms with E-state index >= 15 is 0 Å². The molecule has 1 N–H and O–H groups in total. The molecule has 0 aromatic heterocycles. The van der Waals surface area contributed by atoms with E-state index in [1.165, 1.54) is 17.0 Å². The van der Waals surface area contributed by atoms with Crippen LogP contribution in [0.2, 0.25) is 0 Å². The van der Waals surface area contributed by atoms with Gasteiger partial charge in [0.15, 0.2) is 6.61 Å². The maximum absolute atomic E-state index is 12.9. The molecule has 2 aromatic carbocycles. The summed E-state index contributed by atoms with van der Waals surface area (Å²) in [6, 6.07) is 13.7. The molecule has 3 fully saturated rings. The van der Waals surface area contributed by atoms with Gasteiger partial charge in [-0.3, -0.25) is 19.3 Å². The molecule has 3 aliphatic rings. The minimum atomic E-state index is -0.644. The van der Waals surface area contributed by atoms with Crippen LogP contribution >= 0.6 is 0 Å². The van der Waals surface area contributed by atoms with Gasteiger partial charge in [0.2, 0.25) is 11.8 Å². The van der Waals surface area contributed by atoms with E-state index in [2.05, 4.69) is 5.32 Å². The largest absolute Gasteiger partial charge is 0.452 e. The van der Waals surface area contributed by atoms with Gasteiger partial charge in [0.05, 0.1) is 23.1 Å². The molecule has 2 aliphatic carbocycles. The summed E-state index contributed by atoms with van der Waals surface area (Å²) >= 11 is 0. The summed E-state index contributed by atoms with van der Waals surface area (Å²) < 4.78 is 5.14. The zero-order valence-corrected chi connectivity index (χ0v) is 18.5. The molecular formula is C26H26N2O5. The second kappa shape index (κ2) is 8.46. The van der Waals surface area contributed by atoms with E-state index in [1.807, 2.05) is 25.1 Å². The number of amides is 3. The van der Waals surface area contributed by atoms with Gasteiger partial charge in [-0.1, -0.05) is 25.1 Å². The highest BCUT2D eigenvalue weighted by molar-refractivity contribution is 6.22. The first-order valence-electron chi connectivity index (χ1n) is 11.5. The van der Waals surface area contributed by atoms with Crippen molar-refractivity contribution in [2.45, 2.75) is 32.6 Å². The third-order valence-corrected chi connectivity index (χ3v) is 7.30. The van der Waals surface area contributed by atoms with E-state index in [4.69, 9.17) is 4.74 Å². The smallest absolute Gasteiger partial charge is 0.338 e. The van der Waals surface area contributed by atoms with Crippen molar-refractivity contribution in [3.05, 3.63) is 59.7 Å². The van der Waals surface area contributed by atoms with Gasteiger partial charge in [0.1, 0.15) is 0 Å². The third-order valence-electron chi connectivity index (χ3n) is 7.30. The van der Waals surface area contributed by atoms with E-state index in [9.17, 15) is 19.2 Å². The molecule has 5 rings (SSSR count).